The minimum absolute atomic E-state index is 0.217. The van der Waals surface area contributed by atoms with E-state index >= 15 is 0 Å². The number of amides is 4. The summed E-state index contributed by atoms with van der Waals surface area (Å²) in [6.45, 7) is 1.73. The van der Waals surface area contributed by atoms with Gasteiger partial charge in [0.15, 0.2) is 0 Å². The van der Waals surface area contributed by atoms with Gasteiger partial charge in [0.1, 0.15) is 0 Å². The highest BCUT2D eigenvalue weighted by Crippen LogP contribution is 2.56. The number of esters is 1. The number of carbonyl (C=O) groups excluding carboxylic acids is 5. The summed E-state index contributed by atoms with van der Waals surface area (Å²) in [5.74, 6) is -5.55. The second-order valence-corrected chi connectivity index (χ2v) is 6.90. The van der Waals surface area contributed by atoms with Crippen LogP contribution in [-0.4, -0.2) is 48.7 Å². The Bertz CT molecular complexity index is 867. The van der Waals surface area contributed by atoms with Crippen molar-refractivity contribution in [3.8, 4) is 0 Å². The highest BCUT2D eigenvalue weighted by atomic mass is 16.5. The van der Waals surface area contributed by atoms with Gasteiger partial charge in [0.05, 0.1) is 42.0 Å². The number of imide groups is 2. The van der Waals surface area contributed by atoms with Gasteiger partial charge in [0.2, 0.25) is 23.6 Å². The van der Waals surface area contributed by atoms with E-state index in [0.29, 0.717) is 5.56 Å². The molecule has 1 aromatic rings. The standard InChI is InChI=1S/C18H16N2O6/c1-7-4-8(18(25)26-3)6-9(5-7)20-16(23)12-10-11(13(12)17(20)24)15(22)19(2)14(10)21/h4-6,10-13H,1-3H3. The van der Waals surface area contributed by atoms with Crippen molar-refractivity contribution in [3.05, 3.63) is 29.3 Å². The largest absolute Gasteiger partial charge is 0.465 e. The van der Waals surface area contributed by atoms with Crippen LogP contribution < -0.4 is 4.90 Å². The van der Waals surface area contributed by atoms with Crippen LogP contribution in [0.15, 0.2) is 18.2 Å². The smallest absolute Gasteiger partial charge is 0.337 e. The second kappa shape index (κ2) is 5.23. The minimum Gasteiger partial charge on any atom is -0.465 e. The monoisotopic (exact) mass is 356 g/mol. The zero-order valence-corrected chi connectivity index (χ0v) is 14.4. The van der Waals surface area contributed by atoms with E-state index in [4.69, 9.17) is 4.74 Å². The molecule has 0 spiro atoms. The molecule has 2 heterocycles. The number of hydrogen-bond acceptors (Lipinski definition) is 6. The molecule has 0 radical (unpaired) electrons. The van der Waals surface area contributed by atoms with Gasteiger partial charge in [0.25, 0.3) is 0 Å². The molecule has 4 rings (SSSR count). The molecule has 0 aromatic heterocycles. The van der Waals surface area contributed by atoms with Crippen LogP contribution in [0.25, 0.3) is 0 Å². The van der Waals surface area contributed by atoms with E-state index < -0.39 is 53.3 Å². The molecule has 4 atom stereocenters. The molecule has 134 valence electrons. The summed E-state index contributed by atoms with van der Waals surface area (Å²) in [6.07, 6.45) is 0. The fourth-order valence-electron chi connectivity index (χ4n) is 4.32. The fraction of sp³-hybridized carbons (Fsp3) is 0.389. The van der Waals surface area contributed by atoms with Crippen molar-refractivity contribution >= 4 is 35.3 Å². The van der Waals surface area contributed by atoms with Crippen LogP contribution in [0.1, 0.15) is 15.9 Å². The Kier molecular flexibility index (Phi) is 3.31. The van der Waals surface area contributed by atoms with Gasteiger partial charge in [-0.1, -0.05) is 0 Å². The third-order valence-electron chi connectivity index (χ3n) is 5.53. The Labute approximate surface area is 148 Å². The van der Waals surface area contributed by atoms with Crippen molar-refractivity contribution in [3.63, 3.8) is 0 Å². The highest BCUT2D eigenvalue weighted by Gasteiger charge is 2.73. The lowest BCUT2D eigenvalue weighted by atomic mass is 9.59. The number of rotatable bonds is 2. The van der Waals surface area contributed by atoms with E-state index in [1.807, 2.05) is 0 Å². The first-order chi connectivity index (χ1) is 12.3. The Morgan fingerprint density at radius 3 is 1.88 bits per heavy atom. The third kappa shape index (κ3) is 1.86. The molecule has 4 amide bonds. The van der Waals surface area contributed by atoms with Crippen LogP contribution in [0.5, 0.6) is 0 Å². The summed E-state index contributed by atoms with van der Waals surface area (Å²) in [5, 5.41) is 0. The summed E-state index contributed by atoms with van der Waals surface area (Å²) < 4.78 is 4.70. The van der Waals surface area contributed by atoms with Gasteiger partial charge in [-0.05, 0) is 30.7 Å². The third-order valence-corrected chi connectivity index (χ3v) is 5.53. The SMILES string of the molecule is COC(=O)c1cc(C)cc(N2C(=O)C3C4C(=O)N(C)C(=O)C4C3C2=O)c1. The molecule has 1 aromatic carbocycles. The van der Waals surface area contributed by atoms with Gasteiger partial charge in [0, 0.05) is 7.05 Å². The first-order valence-corrected chi connectivity index (χ1v) is 8.17. The van der Waals surface area contributed by atoms with Gasteiger partial charge < -0.3 is 4.74 Å². The predicted molar refractivity (Wildman–Crippen MR) is 86.7 cm³/mol. The average molecular weight is 356 g/mol. The maximum absolute atomic E-state index is 12.8. The average Bonchev–Trinajstić information content (AvgIpc) is 2.88. The van der Waals surface area contributed by atoms with Gasteiger partial charge in [-0.25, -0.2) is 9.69 Å². The van der Waals surface area contributed by atoms with Gasteiger partial charge in [-0.15, -0.1) is 0 Å². The highest BCUT2D eigenvalue weighted by molar-refractivity contribution is 6.27. The van der Waals surface area contributed by atoms with Crippen molar-refractivity contribution in [2.75, 3.05) is 19.1 Å². The number of aryl methyl sites for hydroxylation is 1. The second-order valence-electron chi connectivity index (χ2n) is 6.90. The van der Waals surface area contributed by atoms with Crippen molar-refractivity contribution in [2.45, 2.75) is 6.92 Å². The zero-order valence-electron chi connectivity index (χ0n) is 14.4. The topological polar surface area (TPSA) is 101 Å². The number of likely N-dealkylation sites (tertiary alicyclic amines) is 1. The summed E-state index contributed by atoms with van der Waals surface area (Å²) in [7, 11) is 2.61. The summed E-state index contributed by atoms with van der Waals surface area (Å²) in [5.41, 5.74) is 1.14. The van der Waals surface area contributed by atoms with E-state index in [1.54, 1.807) is 19.1 Å². The molecule has 3 aliphatic rings. The van der Waals surface area contributed by atoms with Crippen LogP contribution in [0.3, 0.4) is 0 Å². The number of ether oxygens (including phenoxy) is 1. The maximum atomic E-state index is 12.8. The number of nitrogens with zero attached hydrogens (tertiary/aromatic N) is 2. The quantitative estimate of drug-likeness (QED) is 0.552. The normalized spacial score (nSPS) is 29.7. The number of anilines is 1. The van der Waals surface area contributed by atoms with Crippen molar-refractivity contribution in [1.82, 2.24) is 4.90 Å². The predicted octanol–water partition coefficient (Wildman–Crippen LogP) is 0.132. The Morgan fingerprint density at radius 2 is 1.38 bits per heavy atom. The lowest BCUT2D eigenvalue weighted by Crippen LogP contribution is -2.50. The number of hydrogen-bond donors (Lipinski definition) is 0. The van der Waals surface area contributed by atoms with E-state index in [9.17, 15) is 24.0 Å². The molecule has 1 saturated carbocycles. The van der Waals surface area contributed by atoms with E-state index in [1.165, 1.54) is 20.2 Å². The zero-order chi connectivity index (χ0) is 18.9. The van der Waals surface area contributed by atoms with Gasteiger partial charge >= 0.3 is 5.97 Å². The van der Waals surface area contributed by atoms with Crippen LogP contribution in [0, 0.1) is 30.6 Å². The minimum atomic E-state index is -0.809. The van der Waals surface area contributed by atoms with Gasteiger partial charge in [-0.3, -0.25) is 24.1 Å². The molecule has 4 unspecified atom stereocenters. The lowest BCUT2D eigenvalue weighted by molar-refractivity contribution is -0.146. The molecule has 8 nitrogen and oxygen atoms in total. The van der Waals surface area contributed by atoms with Crippen molar-refractivity contribution < 1.29 is 28.7 Å². The molecule has 0 bridgehead atoms. The number of benzene rings is 1. The molecule has 3 fully saturated rings. The molecule has 2 aliphatic heterocycles. The number of carbonyl (C=O) groups is 5. The Hall–Kier alpha value is -3.03. The van der Waals surface area contributed by atoms with Crippen molar-refractivity contribution in [1.29, 1.82) is 0 Å². The molecule has 8 heteroatoms. The molecule has 0 N–H and O–H groups in total. The molecule has 26 heavy (non-hydrogen) atoms. The summed E-state index contributed by atoms with van der Waals surface area (Å²) >= 11 is 0. The van der Waals surface area contributed by atoms with Crippen LogP contribution >= 0.6 is 0 Å². The number of fused-ring (bicyclic) bond motifs is 4. The maximum Gasteiger partial charge on any atom is 0.337 e. The summed E-state index contributed by atoms with van der Waals surface area (Å²) in [6, 6.07) is 4.61. The Balaban J connectivity index is 1.73. The fourth-order valence-corrected chi connectivity index (χ4v) is 4.32. The van der Waals surface area contributed by atoms with E-state index in [0.717, 1.165) is 9.80 Å². The van der Waals surface area contributed by atoms with Gasteiger partial charge in [-0.2, -0.15) is 0 Å². The molecular formula is C18H16N2O6. The van der Waals surface area contributed by atoms with Crippen LogP contribution in [-0.2, 0) is 23.9 Å². The van der Waals surface area contributed by atoms with E-state index in [2.05, 4.69) is 0 Å². The first kappa shape index (κ1) is 16.4. The molecule has 2 saturated heterocycles. The van der Waals surface area contributed by atoms with Crippen molar-refractivity contribution in [2.24, 2.45) is 23.7 Å². The molecule has 1 aliphatic carbocycles. The summed E-state index contributed by atoms with van der Waals surface area (Å²) in [4.78, 5) is 63.9. The number of methoxy groups -OCH3 is 1. The van der Waals surface area contributed by atoms with E-state index in [-0.39, 0.29) is 11.3 Å². The molecular weight excluding hydrogens is 340 g/mol. The van der Waals surface area contributed by atoms with Crippen LogP contribution in [0.4, 0.5) is 5.69 Å². The van der Waals surface area contributed by atoms with Crippen LogP contribution in [0.2, 0.25) is 0 Å². The Morgan fingerprint density at radius 1 is 0.885 bits per heavy atom. The first-order valence-electron chi connectivity index (χ1n) is 8.17. The lowest BCUT2D eigenvalue weighted by Gasteiger charge is -2.36.